The molecule has 0 saturated carbocycles. The molecule has 1 saturated heterocycles. The molecular formula is C27H22ClNO5S2. The van der Waals surface area contributed by atoms with Crippen LogP contribution >= 0.6 is 35.6 Å². The maximum Gasteiger partial charge on any atom is 0.331 e. The molecule has 1 heterocycles. The second kappa shape index (κ2) is 11.6. The van der Waals surface area contributed by atoms with E-state index in [2.05, 4.69) is 0 Å². The number of nitrogens with zero attached hydrogens (tertiary/aromatic N) is 1. The normalized spacial score (nSPS) is 15.3. The van der Waals surface area contributed by atoms with Gasteiger partial charge < -0.3 is 14.6 Å². The van der Waals surface area contributed by atoms with Gasteiger partial charge in [-0.15, -0.1) is 0 Å². The van der Waals surface area contributed by atoms with Crippen LogP contribution in [0.4, 0.5) is 0 Å². The molecular weight excluding hydrogens is 518 g/mol. The Morgan fingerprint density at radius 3 is 2.50 bits per heavy atom. The van der Waals surface area contributed by atoms with E-state index < -0.39 is 17.9 Å². The molecule has 184 valence electrons. The van der Waals surface area contributed by atoms with E-state index in [1.165, 1.54) is 0 Å². The molecule has 6 nitrogen and oxygen atoms in total. The fraction of sp³-hybridized carbons (Fsp3) is 0.148. The molecule has 0 bridgehead atoms. The Hall–Kier alpha value is -3.33. The van der Waals surface area contributed by atoms with E-state index in [0.29, 0.717) is 39.2 Å². The lowest BCUT2D eigenvalue weighted by molar-refractivity contribution is -0.145. The van der Waals surface area contributed by atoms with Crippen LogP contribution in [0, 0.1) is 0 Å². The molecule has 0 aliphatic carbocycles. The van der Waals surface area contributed by atoms with E-state index in [9.17, 15) is 14.7 Å². The lowest BCUT2D eigenvalue weighted by atomic mass is 10.1. The summed E-state index contributed by atoms with van der Waals surface area (Å²) < 4.78 is 11.9. The Labute approximate surface area is 223 Å². The fourth-order valence-corrected chi connectivity index (χ4v) is 5.17. The zero-order valence-corrected chi connectivity index (χ0v) is 21.6. The Morgan fingerprint density at radius 1 is 1.08 bits per heavy atom. The molecule has 1 N–H and O–H groups in total. The first-order chi connectivity index (χ1) is 17.4. The number of benzene rings is 3. The number of amides is 1. The number of rotatable bonds is 9. The Morgan fingerprint density at radius 2 is 1.81 bits per heavy atom. The molecule has 3 aromatic rings. The van der Waals surface area contributed by atoms with Gasteiger partial charge in [0, 0.05) is 10.6 Å². The highest BCUT2D eigenvalue weighted by atomic mass is 35.5. The van der Waals surface area contributed by atoms with Crippen molar-refractivity contribution in [3.63, 3.8) is 0 Å². The molecule has 0 spiro atoms. The third kappa shape index (κ3) is 5.73. The molecule has 1 amide bonds. The van der Waals surface area contributed by atoms with Crippen molar-refractivity contribution in [1.29, 1.82) is 0 Å². The molecule has 36 heavy (non-hydrogen) atoms. The maximum absolute atomic E-state index is 13.2. The first-order valence-corrected chi connectivity index (χ1v) is 12.7. The van der Waals surface area contributed by atoms with E-state index in [1.54, 1.807) is 60.7 Å². The van der Waals surface area contributed by atoms with Gasteiger partial charge in [0.15, 0.2) is 17.5 Å². The summed E-state index contributed by atoms with van der Waals surface area (Å²) in [7, 11) is 0. The van der Waals surface area contributed by atoms with Gasteiger partial charge in [-0.25, -0.2) is 4.79 Å². The SMILES string of the molecule is CCOc1cc(/C=C2/SC(=S)N([C@H](C(=O)O)c3ccccc3)C2=O)ccc1OCc1ccccc1Cl. The van der Waals surface area contributed by atoms with Crippen LogP contribution in [0.25, 0.3) is 6.08 Å². The van der Waals surface area contributed by atoms with Crippen molar-refractivity contribution in [3.05, 3.63) is 99.4 Å². The number of carboxylic acid groups (broad SMARTS) is 1. The number of carbonyl (C=O) groups excluding carboxylic acids is 1. The number of hydrogen-bond acceptors (Lipinski definition) is 6. The third-order valence-electron chi connectivity index (χ3n) is 5.34. The van der Waals surface area contributed by atoms with Crippen molar-refractivity contribution in [3.8, 4) is 11.5 Å². The number of halogens is 1. The number of thioether (sulfide) groups is 1. The Kier molecular flexibility index (Phi) is 8.30. The van der Waals surface area contributed by atoms with Crippen LogP contribution < -0.4 is 9.47 Å². The summed E-state index contributed by atoms with van der Waals surface area (Å²) in [5, 5.41) is 10.5. The van der Waals surface area contributed by atoms with E-state index in [0.717, 1.165) is 22.2 Å². The molecule has 3 aromatic carbocycles. The highest BCUT2D eigenvalue weighted by Crippen LogP contribution is 2.39. The van der Waals surface area contributed by atoms with Crippen LogP contribution in [0.1, 0.15) is 29.7 Å². The summed E-state index contributed by atoms with van der Waals surface area (Å²) in [5.41, 5.74) is 2.01. The highest BCUT2D eigenvalue weighted by molar-refractivity contribution is 8.26. The second-order valence-electron chi connectivity index (χ2n) is 7.72. The van der Waals surface area contributed by atoms with Gasteiger partial charge in [-0.05, 0) is 42.3 Å². The molecule has 9 heteroatoms. The maximum atomic E-state index is 13.2. The first-order valence-electron chi connectivity index (χ1n) is 11.1. The summed E-state index contributed by atoms with van der Waals surface area (Å²) in [4.78, 5) is 26.8. The van der Waals surface area contributed by atoms with Gasteiger partial charge in [-0.2, -0.15) is 0 Å². The van der Waals surface area contributed by atoms with Crippen LogP contribution in [0.5, 0.6) is 11.5 Å². The number of carbonyl (C=O) groups is 2. The van der Waals surface area contributed by atoms with Gasteiger partial charge in [0.25, 0.3) is 5.91 Å². The molecule has 0 unspecified atom stereocenters. The number of hydrogen-bond donors (Lipinski definition) is 1. The second-order valence-corrected chi connectivity index (χ2v) is 9.81. The highest BCUT2D eigenvalue weighted by Gasteiger charge is 2.41. The van der Waals surface area contributed by atoms with Crippen LogP contribution in [0.2, 0.25) is 5.02 Å². The number of thiocarbonyl (C=S) groups is 1. The fourth-order valence-electron chi connectivity index (χ4n) is 3.66. The Balaban J connectivity index is 1.58. The number of carboxylic acids is 1. The minimum absolute atomic E-state index is 0.187. The van der Waals surface area contributed by atoms with Gasteiger partial charge in [-0.3, -0.25) is 9.69 Å². The van der Waals surface area contributed by atoms with Crippen molar-refractivity contribution in [2.75, 3.05) is 6.61 Å². The largest absolute Gasteiger partial charge is 0.490 e. The summed E-state index contributed by atoms with van der Waals surface area (Å²) in [5.74, 6) is -0.561. The lowest BCUT2D eigenvalue weighted by Gasteiger charge is -2.23. The average molecular weight is 540 g/mol. The van der Waals surface area contributed by atoms with E-state index in [1.807, 2.05) is 25.1 Å². The van der Waals surface area contributed by atoms with E-state index in [-0.39, 0.29) is 10.9 Å². The minimum Gasteiger partial charge on any atom is -0.490 e. The van der Waals surface area contributed by atoms with Crippen LogP contribution in [0.3, 0.4) is 0 Å². The van der Waals surface area contributed by atoms with Crippen molar-refractivity contribution in [2.24, 2.45) is 0 Å². The number of ether oxygens (including phenoxy) is 2. The first kappa shape index (κ1) is 25.8. The van der Waals surface area contributed by atoms with Crippen LogP contribution in [-0.2, 0) is 16.2 Å². The summed E-state index contributed by atoms with van der Waals surface area (Å²) in [6.45, 7) is 2.56. The molecule has 4 rings (SSSR count). The standard InChI is InChI=1S/C27H22ClNO5S2/c1-2-33-22-14-17(12-13-21(22)34-16-19-10-6-7-11-20(19)28)15-23-25(30)29(27(35)36-23)24(26(31)32)18-8-4-3-5-9-18/h3-15,24H,2,16H2,1H3,(H,31,32)/b23-15+/t24-/m0/s1. The average Bonchev–Trinajstić information content (AvgIpc) is 3.13. The topological polar surface area (TPSA) is 76.1 Å². The van der Waals surface area contributed by atoms with Crippen LogP contribution in [0.15, 0.2) is 77.7 Å². The predicted octanol–water partition coefficient (Wildman–Crippen LogP) is 6.34. The zero-order chi connectivity index (χ0) is 25.7. The third-order valence-corrected chi connectivity index (χ3v) is 7.04. The molecule has 1 aliphatic heterocycles. The van der Waals surface area contributed by atoms with Gasteiger partial charge in [0.2, 0.25) is 0 Å². The predicted molar refractivity (Wildman–Crippen MR) is 145 cm³/mol. The van der Waals surface area contributed by atoms with Crippen molar-refractivity contribution in [1.82, 2.24) is 4.90 Å². The van der Waals surface area contributed by atoms with Gasteiger partial charge >= 0.3 is 5.97 Å². The summed E-state index contributed by atoms with van der Waals surface area (Å²) in [6.07, 6.45) is 1.67. The molecule has 0 aromatic heterocycles. The van der Waals surface area contributed by atoms with Gasteiger partial charge in [0.1, 0.15) is 10.9 Å². The van der Waals surface area contributed by atoms with E-state index >= 15 is 0 Å². The summed E-state index contributed by atoms with van der Waals surface area (Å²) >= 11 is 12.7. The smallest absolute Gasteiger partial charge is 0.331 e. The van der Waals surface area contributed by atoms with E-state index in [4.69, 9.17) is 33.3 Å². The van der Waals surface area contributed by atoms with Gasteiger partial charge in [-0.1, -0.05) is 90.2 Å². The molecule has 0 radical (unpaired) electrons. The van der Waals surface area contributed by atoms with Crippen molar-refractivity contribution in [2.45, 2.75) is 19.6 Å². The van der Waals surface area contributed by atoms with Crippen molar-refractivity contribution >= 4 is 57.9 Å². The summed E-state index contributed by atoms with van der Waals surface area (Å²) in [6, 6.07) is 20.1. The van der Waals surface area contributed by atoms with Crippen molar-refractivity contribution < 1.29 is 24.2 Å². The van der Waals surface area contributed by atoms with Crippen LogP contribution in [-0.4, -0.2) is 32.8 Å². The minimum atomic E-state index is -1.20. The zero-order valence-electron chi connectivity index (χ0n) is 19.2. The monoisotopic (exact) mass is 539 g/mol. The van der Waals surface area contributed by atoms with Gasteiger partial charge in [0.05, 0.1) is 11.5 Å². The molecule has 1 aliphatic rings. The molecule has 1 atom stereocenters. The quantitative estimate of drug-likeness (QED) is 0.251. The molecule has 1 fully saturated rings. The Bertz CT molecular complexity index is 1330. The lowest BCUT2D eigenvalue weighted by Crippen LogP contribution is -2.37. The number of aliphatic carboxylic acids is 1.